The molecule has 0 aromatic heterocycles. The molecule has 204 valence electrons. The SMILES string of the molecule is C=C[SiH](Cc1ccccc1)OC1CC(O[SiH](C=C)Cc2ccccc2)CC(O[SiH](C=C)Cc2ccccc2)C1. The molecule has 1 aliphatic carbocycles. The van der Waals surface area contributed by atoms with Crippen LogP contribution in [0.2, 0.25) is 0 Å². The molecule has 6 heteroatoms. The van der Waals surface area contributed by atoms with Gasteiger partial charge >= 0.3 is 0 Å². The number of benzene rings is 3. The first-order chi connectivity index (χ1) is 19.1. The quantitative estimate of drug-likeness (QED) is 0.209. The molecule has 0 aliphatic heterocycles. The Morgan fingerprint density at radius 2 is 0.744 bits per heavy atom. The molecule has 1 fully saturated rings. The molecule has 0 bridgehead atoms. The molecule has 0 radical (unpaired) electrons. The second-order valence-electron chi connectivity index (χ2n) is 10.4. The van der Waals surface area contributed by atoms with Crippen LogP contribution in [-0.4, -0.2) is 45.4 Å². The molecule has 0 heterocycles. The molecule has 3 aromatic carbocycles. The molecule has 3 unspecified atom stereocenters. The third-order valence-corrected chi connectivity index (χ3v) is 13.7. The lowest BCUT2D eigenvalue weighted by atomic mass is 9.93. The van der Waals surface area contributed by atoms with E-state index in [-0.39, 0.29) is 18.3 Å². The molecule has 0 amide bonds. The van der Waals surface area contributed by atoms with Crippen molar-refractivity contribution in [3.63, 3.8) is 0 Å². The average molecular weight is 571 g/mol. The average Bonchev–Trinajstić information content (AvgIpc) is 2.97. The van der Waals surface area contributed by atoms with Gasteiger partial charge in [0.15, 0.2) is 0 Å². The summed E-state index contributed by atoms with van der Waals surface area (Å²) in [5, 5.41) is 0. The standard InChI is InChI=1S/C33H42O3Si3/c1-4-37(25-28-16-10-7-11-17-28)34-31-22-32(35-38(5-2)26-29-18-12-8-13-19-29)24-33(23-31)36-39(6-3)27-30-20-14-9-15-21-30/h4-21,31-33,37-39H,1-3,22-27H2. The van der Waals surface area contributed by atoms with Crippen molar-refractivity contribution in [3.05, 3.63) is 145 Å². The van der Waals surface area contributed by atoms with E-state index >= 15 is 0 Å². The van der Waals surface area contributed by atoms with Crippen LogP contribution in [0.4, 0.5) is 0 Å². The molecule has 0 N–H and O–H groups in total. The van der Waals surface area contributed by atoms with Crippen LogP contribution in [0.15, 0.2) is 128 Å². The summed E-state index contributed by atoms with van der Waals surface area (Å²) in [6, 6.07) is 34.7. The van der Waals surface area contributed by atoms with Crippen molar-refractivity contribution in [2.24, 2.45) is 0 Å². The molecule has 1 aliphatic rings. The van der Waals surface area contributed by atoms with Crippen LogP contribution in [-0.2, 0) is 31.4 Å². The van der Waals surface area contributed by atoms with Crippen molar-refractivity contribution in [1.29, 1.82) is 0 Å². The Hall–Kier alpha value is -2.59. The van der Waals surface area contributed by atoms with Crippen LogP contribution < -0.4 is 0 Å². The van der Waals surface area contributed by atoms with Crippen molar-refractivity contribution in [2.75, 3.05) is 0 Å². The molecule has 3 aromatic rings. The highest BCUT2D eigenvalue weighted by atomic mass is 28.3. The van der Waals surface area contributed by atoms with Gasteiger partial charge in [-0.3, -0.25) is 0 Å². The normalized spacial score (nSPS) is 21.4. The van der Waals surface area contributed by atoms with Crippen LogP contribution in [0, 0.1) is 0 Å². The second kappa shape index (κ2) is 15.9. The number of rotatable bonds is 15. The molecule has 4 rings (SSSR count). The number of hydrogen-bond donors (Lipinski definition) is 0. The van der Waals surface area contributed by atoms with Crippen LogP contribution in [0.25, 0.3) is 0 Å². The first kappa shape index (κ1) is 29.4. The first-order valence-corrected chi connectivity index (χ1v) is 20.0. The summed E-state index contributed by atoms with van der Waals surface area (Å²) in [5.41, 5.74) is 10.2. The van der Waals surface area contributed by atoms with E-state index < -0.39 is 27.1 Å². The Morgan fingerprint density at radius 3 is 0.974 bits per heavy atom. The third kappa shape index (κ3) is 9.83. The third-order valence-electron chi connectivity index (χ3n) is 7.31. The summed E-state index contributed by atoms with van der Waals surface area (Å²) in [6.07, 6.45) is 3.03. The molecule has 0 spiro atoms. The van der Waals surface area contributed by atoms with E-state index in [4.69, 9.17) is 13.3 Å². The summed E-state index contributed by atoms with van der Waals surface area (Å²) >= 11 is 0. The maximum absolute atomic E-state index is 6.81. The van der Waals surface area contributed by atoms with Crippen LogP contribution in [0.1, 0.15) is 36.0 Å². The minimum atomic E-state index is -1.63. The van der Waals surface area contributed by atoms with Crippen LogP contribution in [0.3, 0.4) is 0 Å². The Labute approximate surface area is 240 Å². The predicted molar refractivity (Wildman–Crippen MR) is 171 cm³/mol. The highest BCUT2D eigenvalue weighted by Gasteiger charge is 2.34. The van der Waals surface area contributed by atoms with Gasteiger partial charge in [0.1, 0.15) is 0 Å². The molecule has 39 heavy (non-hydrogen) atoms. The second-order valence-corrected chi connectivity index (χ2v) is 17.1. The van der Waals surface area contributed by atoms with E-state index in [9.17, 15) is 0 Å². The van der Waals surface area contributed by atoms with Gasteiger partial charge in [0.2, 0.25) is 27.1 Å². The van der Waals surface area contributed by atoms with Crippen LogP contribution >= 0.6 is 0 Å². The van der Waals surface area contributed by atoms with Gasteiger partial charge in [0.25, 0.3) is 0 Å². The first-order valence-electron chi connectivity index (χ1n) is 14.1. The minimum Gasteiger partial charge on any atom is -0.413 e. The van der Waals surface area contributed by atoms with Gasteiger partial charge in [-0.15, -0.1) is 19.7 Å². The summed E-state index contributed by atoms with van der Waals surface area (Å²) in [4.78, 5) is 0. The molecule has 1 saturated carbocycles. The molecular weight excluding hydrogens is 529 g/mol. The minimum absolute atomic E-state index is 0.111. The molecular formula is C33H42O3Si3. The summed E-state index contributed by atoms with van der Waals surface area (Å²) in [7, 11) is -4.89. The smallest absolute Gasteiger partial charge is 0.205 e. The zero-order chi connectivity index (χ0) is 27.3. The summed E-state index contributed by atoms with van der Waals surface area (Å²) in [5.74, 6) is 0. The lowest BCUT2D eigenvalue weighted by Gasteiger charge is -2.38. The fourth-order valence-corrected chi connectivity index (χ4v) is 10.8. The van der Waals surface area contributed by atoms with E-state index in [1.807, 2.05) is 0 Å². The van der Waals surface area contributed by atoms with Gasteiger partial charge in [-0.2, -0.15) is 0 Å². The molecule has 3 atom stereocenters. The fraction of sp³-hybridized carbons (Fsp3) is 0.273. The van der Waals surface area contributed by atoms with E-state index in [1.54, 1.807) is 0 Å². The van der Waals surface area contributed by atoms with Crippen molar-refractivity contribution in [1.82, 2.24) is 0 Å². The molecule has 3 nitrogen and oxygen atoms in total. The number of hydrogen-bond acceptors (Lipinski definition) is 3. The highest BCUT2D eigenvalue weighted by Crippen LogP contribution is 2.29. The topological polar surface area (TPSA) is 27.7 Å². The van der Waals surface area contributed by atoms with Gasteiger partial charge in [-0.05, 0) is 54.1 Å². The predicted octanol–water partition coefficient (Wildman–Crippen LogP) is 6.02. The monoisotopic (exact) mass is 570 g/mol. The van der Waals surface area contributed by atoms with Gasteiger partial charge in [0.05, 0.1) is 0 Å². The Morgan fingerprint density at radius 1 is 0.487 bits per heavy atom. The van der Waals surface area contributed by atoms with E-state index in [1.165, 1.54) is 16.7 Å². The van der Waals surface area contributed by atoms with Gasteiger partial charge in [-0.1, -0.05) is 108 Å². The fourth-order valence-electron chi connectivity index (χ4n) is 5.34. The summed E-state index contributed by atoms with van der Waals surface area (Å²) in [6.45, 7) is 12.4. The van der Waals surface area contributed by atoms with Gasteiger partial charge in [0, 0.05) is 18.3 Å². The Bertz CT molecular complexity index is 990. The highest BCUT2D eigenvalue weighted by molar-refractivity contribution is 6.57. The molecule has 0 saturated heterocycles. The van der Waals surface area contributed by atoms with E-state index in [0.29, 0.717) is 0 Å². The maximum Gasteiger partial charge on any atom is 0.205 e. The van der Waals surface area contributed by atoms with Crippen molar-refractivity contribution in [2.45, 2.75) is 55.7 Å². The Kier molecular flexibility index (Phi) is 12.0. The largest absolute Gasteiger partial charge is 0.413 e. The van der Waals surface area contributed by atoms with Crippen LogP contribution in [0.5, 0.6) is 0 Å². The van der Waals surface area contributed by atoms with E-state index in [0.717, 1.165) is 37.4 Å². The van der Waals surface area contributed by atoms with Crippen molar-refractivity contribution < 1.29 is 13.3 Å². The van der Waals surface area contributed by atoms with E-state index in [2.05, 4.69) is 128 Å². The van der Waals surface area contributed by atoms with Crippen molar-refractivity contribution in [3.8, 4) is 0 Å². The van der Waals surface area contributed by atoms with Crippen molar-refractivity contribution >= 4 is 27.1 Å². The zero-order valence-electron chi connectivity index (χ0n) is 22.9. The lowest BCUT2D eigenvalue weighted by molar-refractivity contribution is 0.00265. The Balaban J connectivity index is 1.44. The lowest BCUT2D eigenvalue weighted by Crippen LogP contribution is -2.44. The van der Waals surface area contributed by atoms with Gasteiger partial charge < -0.3 is 13.3 Å². The maximum atomic E-state index is 6.81. The van der Waals surface area contributed by atoms with Gasteiger partial charge in [-0.25, -0.2) is 0 Å². The zero-order valence-corrected chi connectivity index (χ0v) is 26.4. The summed E-state index contributed by atoms with van der Waals surface area (Å²) < 4.78 is 20.4.